The molecule has 3 atom stereocenters. The average molecular weight is 473 g/mol. The van der Waals surface area contributed by atoms with Gasteiger partial charge >= 0.3 is 12.4 Å². The highest BCUT2D eigenvalue weighted by atomic mass is 19.4. The van der Waals surface area contributed by atoms with Crippen LogP contribution in [-0.2, 0) is 27.4 Å². The number of nitrogens with one attached hydrogen (secondary N) is 1. The van der Waals surface area contributed by atoms with Crippen molar-refractivity contribution in [2.45, 2.75) is 50.7 Å². The van der Waals surface area contributed by atoms with Crippen LogP contribution in [0.5, 0.6) is 0 Å². The van der Waals surface area contributed by atoms with Gasteiger partial charge in [-0.05, 0) is 56.0 Å². The number of hydrogen-bond donors (Lipinski definition) is 1. The van der Waals surface area contributed by atoms with Gasteiger partial charge < -0.3 is 10.1 Å². The Bertz CT molecular complexity index is 931. The van der Waals surface area contributed by atoms with E-state index in [9.17, 15) is 31.1 Å². The van der Waals surface area contributed by atoms with Crippen LogP contribution in [0.3, 0.4) is 0 Å². The molecular weight excluding hydrogens is 448 g/mol. The zero-order valence-electron chi connectivity index (χ0n) is 18.2. The maximum absolute atomic E-state index is 13.2. The second kappa shape index (κ2) is 9.46. The van der Waals surface area contributed by atoms with E-state index in [0.717, 1.165) is 5.56 Å². The summed E-state index contributed by atoms with van der Waals surface area (Å²) in [5, 5.41) is 3.35. The largest absolute Gasteiger partial charge is 0.416 e. The first-order valence-corrected chi connectivity index (χ1v) is 10.5. The second-order valence-corrected chi connectivity index (χ2v) is 8.47. The summed E-state index contributed by atoms with van der Waals surface area (Å²) in [6.07, 6.45) is -9.75. The fraction of sp³-hybridized carbons (Fsp3) is 0.458. The molecule has 3 unspecified atom stereocenters. The van der Waals surface area contributed by atoms with Gasteiger partial charge in [0.15, 0.2) is 0 Å². The van der Waals surface area contributed by atoms with Crippen molar-refractivity contribution in [2.75, 3.05) is 13.2 Å². The second-order valence-electron chi connectivity index (χ2n) is 8.47. The lowest BCUT2D eigenvalue weighted by Crippen LogP contribution is -2.53. The van der Waals surface area contributed by atoms with Crippen LogP contribution >= 0.6 is 0 Å². The zero-order chi connectivity index (χ0) is 24.4. The van der Waals surface area contributed by atoms with Gasteiger partial charge in [0.05, 0.1) is 29.4 Å². The van der Waals surface area contributed by atoms with Gasteiger partial charge in [-0.15, -0.1) is 0 Å². The molecule has 3 rings (SSSR count). The molecule has 1 saturated heterocycles. The van der Waals surface area contributed by atoms with E-state index in [1.54, 1.807) is 0 Å². The molecule has 2 aromatic carbocycles. The summed E-state index contributed by atoms with van der Waals surface area (Å²) in [7, 11) is 0. The fourth-order valence-corrected chi connectivity index (χ4v) is 4.06. The number of alkyl halides is 6. The molecule has 1 aliphatic heterocycles. The van der Waals surface area contributed by atoms with Gasteiger partial charge in [-0.3, -0.25) is 4.79 Å². The van der Waals surface area contributed by atoms with Crippen LogP contribution in [0.15, 0.2) is 48.5 Å². The lowest BCUT2D eigenvalue weighted by atomic mass is 9.78. The van der Waals surface area contributed by atoms with Crippen LogP contribution in [-0.4, -0.2) is 18.9 Å². The third-order valence-corrected chi connectivity index (χ3v) is 6.17. The number of ketones is 1. The average Bonchev–Trinajstić information content (AvgIpc) is 2.76. The summed E-state index contributed by atoms with van der Waals surface area (Å²) < 4.78 is 85.2. The molecule has 3 nitrogen and oxygen atoms in total. The molecule has 1 aliphatic rings. The SMILES string of the molecule is CC(=O)C1CCC(COC(C)c2cc(C(F)(F)F)cc(C(F)(F)F)c2)(c2ccccc2)NC1. The summed E-state index contributed by atoms with van der Waals surface area (Å²) in [5.74, 6) is -0.0980. The first-order valence-electron chi connectivity index (χ1n) is 10.5. The molecule has 0 amide bonds. The van der Waals surface area contributed by atoms with Crippen LogP contribution in [0, 0.1) is 5.92 Å². The van der Waals surface area contributed by atoms with Crippen LogP contribution in [0.25, 0.3) is 0 Å². The number of hydrogen-bond acceptors (Lipinski definition) is 3. The molecule has 1 N–H and O–H groups in total. The molecule has 1 heterocycles. The number of carbonyl (C=O) groups is 1. The fourth-order valence-electron chi connectivity index (χ4n) is 4.06. The van der Waals surface area contributed by atoms with Gasteiger partial charge in [0.25, 0.3) is 0 Å². The summed E-state index contributed by atoms with van der Waals surface area (Å²) in [4.78, 5) is 11.8. The Morgan fingerprint density at radius 1 is 1.06 bits per heavy atom. The smallest absolute Gasteiger partial charge is 0.372 e. The van der Waals surface area contributed by atoms with E-state index in [-0.39, 0.29) is 29.9 Å². The molecule has 1 fully saturated rings. The first kappa shape index (κ1) is 25.2. The predicted molar refractivity (Wildman–Crippen MR) is 110 cm³/mol. The van der Waals surface area contributed by atoms with Crippen molar-refractivity contribution in [3.8, 4) is 0 Å². The van der Waals surface area contributed by atoms with Crippen molar-refractivity contribution in [1.82, 2.24) is 5.32 Å². The molecule has 0 spiro atoms. The number of benzene rings is 2. The van der Waals surface area contributed by atoms with Crippen molar-refractivity contribution < 1.29 is 35.9 Å². The summed E-state index contributed by atoms with van der Waals surface area (Å²) >= 11 is 0. The quantitative estimate of drug-likeness (QED) is 0.502. The Morgan fingerprint density at radius 3 is 2.09 bits per heavy atom. The highest BCUT2D eigenvalue weighted by molar-refractivity contribution is 5.78. The summed E-state index contributed by atoms with van der Waals surface area (Å²) in [6.45, 7) is 3.37. The molecular formula is C24H25F6NO2. The minimum atomic E-state index is -4.92. The van der Waals surface area contributed by atoms with Gasteiger partial charge in [0, 0.05) is 12.5 Å². The Balaban J connectivity index is 1.87. The van der Waals surface area contributed by atoms with Crippen LogP contribution in [0.2, 0.25) is 0 Å². The maximum atomic E-state index is 13.2. The van der Waals surface area contributed by atoms with E-state index in [1.807, 2.05) is 30.3 Å². The van der Waals surface area contributed by atoms with Gasteiger partial charge in [0.2, 0.25) is 0 Å². The number of halogens is 6. The molecule has 0 aromatic heterocycles. The molecule has 0 radical (unpaired) electrons. The standard InChI is InChI=1S/C24H25F6NO2/c1-15(32)17-8-9-22(31-13-17,19-6-4-3-5-7-19)14-33-16(2)18-10-20(23(25,26)27)12-21(11-18)24(28,29)30/h3-7,10-12,16-17,31H,8-9,13-14H2,1-2H3. The van der Waals surface area contributed by atoms with Crippen molar-refractivity contribution in [3.63, 3.8) is 0 Å². The Labute approximate surface area is 188 Å². The summed E-state index contributed by atoms with van der Waals surface area (Å²) in [5.41, 5.74) is -2.80. The molecule has 2 aromatic rings. The van der Waals surface area contributed by atoms with Crippen molar-refractivity contribution >= 4 is 5.78 Å². The monoisotopic (exact) mass is 473 g/mol. The third-order valence-electron chi connectivity index (χ3n) is 6.17. The number of piperidine rings is 1. The summed E-state index contributed by atoms with van der Waals surface area (Å²) in [6, 6.07) is 10.7. The number of Topliss-reactive ketones (excluding diaryl/α,β-unsaturated/α-hetero) is 1. The molecule has 0 saturated carbocycles. The van der Waals surface area contributed by atoms with Gasteiger partial charge in [-0.25, -0.2) is 0 Å². The van der Waals surface area contributed by atoms with Crippen LogP contribution < -0.4 is 5.32 Å². The van der Waals surface area contributed by atoms with E-state index in [4.69, 9.17) is 4.74 Å². The molecule has 0 aliphatic carbocycles. The van der Waals surface area contributed by atoms with E-state index in [1.165, 1.54) is 13.8 Å². The van der Waals surface area contributed by atoms with Gasteiger partial charge in [-0.1, -0.05) is 30.3 Å². The van der Waals surface area contributed by atoms with Crippen LogP contribution in [0.1, 0.15) is 55.0 Å². The Kier molecular flexibility index (Phi) is 7.24. The Hall–Kier alpha value is -2.39. The molecule has 33 heavy (non-hydrogen) atoms. The number of ether oxygens (including phenoxy) is 1. The van der Waals surface area contributed by atoms with E-state index in [0.29, 0.717) is 31.5 Å². The molecule has 0 bridgehead atoms. The molecule has 180 valence electrons. The third kappa shape index (κ3) is 5.95. The highest BCUT2D eigenvalue weighted by Gasteiger charge is 2.40. The number of carbonyl (C=O) groups excluding carboxylic acids is 1. The Morgan fingerprint density at radius 2 is 1.64 bits per heavy atom. The van der Waals surface area contributed by atoms with Gasteiger partial charge in [0.1, 0.15) is 5.78 Å². The maximum Gasteiger partial charge on any atom is 0.416 e. The highest BCUT2D eigenvalue weighted by Crippen LogP contribution is 2.39. The van der Waals surface area contributed by atoms with E-state index < -0.39 is 35.1 Å². The van der Waals surface area contributed by atoms with Crippen molar-refractivity contribution in [1.29, 1.82) is 0 Å². The van der Waals surface area contributed by atoms with Crippen molar-refractivity contribution in [2.24, 2.45) is 5.92 Å². The minimum absolute atomic E-state index is 0.0143. The van der Waals surface area contributed by atoms with E-state index >= 15 is 0 Å². The normalized spacial score (nSPS) is 22.7. The van der Waals surface area contributed by atoms with E-state index in [2.05, 4.69) is 5.32 Å². The lowest BCUT2D eigenvalue weighted by molar-refractivity contribution is -0.143. The van der Waals surface area contributed by atoms with Gasteiger partial charge in [-0.2, -0.15) is 26.3 Å². The number of rotatable bonds is 6. The topological polar surface area (TPSA) is 38.3 Å². The lowest BCUT2D eigenvalue weighted by Gasteiger charge is -2.41. The van der Waals surface area contributed by atoms with Crippen molar-refractivity contribution in [3.05, 3.63) is 70.8 Å². The predicted octanol–water partition coefficient (Wildman–Crippen LogP) is 6.29. The molecule has 9 heteroatoms. The minimum Gasteiger partial charge on any atom is -0.372 e. The zero-order valence-corrected chi connectivity index (χ0v) is 18.2. The van der Waals surface area contributed by atoms with Crippen LogP contribution in [0.4, 0.5) is 26.3 Å². The first-order chi connectivity index (χ1) is 15.3.